The first-order valence-electron chi connectivity index (χ1n) is 17.3. The summed E-state index contributed by atoms with van der Waals surface area (Å²) in [5.74, 6) is 1.52. The second kappa shape index (κ2) is 14.9. The van der Waals surface area contributed by atoms with E-state index < -0.39 is 8.07 Å². The number of hydrogen-bond acceptors (Lipinski definition) is 4. The average molecular weight is 863 g/mol. The van der Waals surface area contributed by atoms with Crippen molar-refractivity contribution in [3.63, 3.8) is 0 Å². The van der Waals surface area contributed by atoms with Crippen molar-refractivity contribution >= 4 is 46.2 Å². The van der Waals surface area contributed by atoms with Gasteiger partial charge >= 0.3 is 0 Å². The number of hydrogen-bond donors (Lipinski definition) is 0. The predicted molar refractivity (Wildman–Crippen MR) is 210 cm³/mol. The monoisotopic (exact) mass is 863 g/mol. The number of para-hydroxylation sites is 2. The van der Waals surface area contributed by atoms with Crippen LogP contribution in [-0.4, -0.2) is 27.6 Å². The molecule has 0 saturated heterocycles. The molecule has 259 valence electrons. The van der Waals surface area contributed by atoms with E-state index >= 15 is 0 Å². The molecule has 7 heteroatoms. The van der Waals surface area contributed by atoms with Crippen LogP contribution in [0.25, 0.3) is 61.3 Å². The summed E-state index contributed by atoms with van der Waals surface area (Å²) in [6.45, 7) is 16.0. The van der Waals surface area contributed by atoms with Crippen LogP contribution in [0.2, 0.25) is 19.6 Å². The minimum absolute atomic E-state index is 0. The van der Waals surface area contributed by atoms with Crippen molar-refractivity contribution in [2.45, 2.75) is 59.2 Å². The summed E-state index contributed by atoms with van der Waals surface area (Å²) in [6.07, 6.45) is 5.72. The zero-order valence-electron chi connectivity index (χ0n) is 30.2. The van der Waals surface area contributed by atoms with Crippen molar-refractivity contribution in [2.24, 2.45) is 0 Å². The van der Waals surface area contributed by atoms with Gasteiger partial charge in [0.15, 0.2) is 0 Å². The molecule has 0 atom stereocenters. The van der Waals surface area contributed by atoms with Crippen molar-refractivity contribution in [2.75, 3.05) is 0 Å². The Kier molecular flexibility index (Phi) is 10.5. The molecule has 0 aliphatic rings. The maximum Gasteiger partial charge on any atom is 0.120 e. The van der Waals surface area contributed by atoms with E-state index in [0.29, 0.717) is 11.8 Å². The Morgan fingerprint density at radius 2 is 1.47 bits per heavy atom. The third-order valence-corrected chi connectivity index (χ3v) is 11.2. The number of fused-ring (bicyclic) bond motifs is 4. The van der Waals surface area contributed by atoms with E-state index in [1.165, 1.54) is 22.0 Å². The minimum atomic E-state index is -1.23. The molecule has 4 aromatic heterocycles. The molecule has 0 unspecified atom stereocenters. The van der Waals surface area contributed by atoms with Gasteiger partial charge in [-0.1, -0.05) is 107 Å². The molecular weight excluding hydrogens is 821 g/mol. The Morgan fingerprint density at radius 1 is 0.725 bits per heavy atom. The van der Waals surface area contributed by atoms with E-state index in [0.717, 1.165) is 55.6 Å². The number of nitrogens with zero attached hydrogens (tertiary/aromatic N) is 4. The van der Waals surface area contributed by atoms with Gasteiger partial charge in [-0.25, -0.2) is 0 Å². The van der Waals surface area contributed by atoms with Gasteiger partial charge in [0.25, 0.3) is 0 Å². The van der Waals surface area contributed by atoms with Gasteiger partial charge in [-0.3, -0.25) is 9.97 Å². The molecule has 4 heterocycles. The summed E-state index contributed by atoms with van der Waals surface area (Å²) in [5, 5.41) is 3.57. The Morgan fingerprint density at radius 3 is 2.14 bits per heavy atom. The smallest absolute Gasteiger partial charge is 0.120 e. The number of rotatable bonds is 6. The van der Waals surface area contributed by atoms with Crippen LogP contribution in [0.5, 0.6) is 0 Å². The fourth-order valence-corrected chi connectivity index (χ4v) is 7.53. The maximum atomic E-state index is 6.38. The summed E-state index contributed by atoms with van der Waals surface area (Å²) in [6, 6.07) is 39.7. The summed E-state index contributed by atoms with van der Waals surface area (Å²) < 4.78 is 8.65. The molecule has 0 aliphatic carbocycles. The predicted octanol–water partition coefficient (Wildman–Crippen LogP) is 11.1. The van der Waals surface area contributed by atoms with Crippen LogP contribution in [0.3, 0.4) is 0 Å². The molecule has 0 aliphatic heterocycles. The van der Waals surface area contributed by atoms with E-state index in [1.807, 2.05) is 67.0 Å². The Hall–Kier alpha value is -4.68. The molecule has 4 aromatic carbocycles. The zero-order valence-corrected chi connectivity index (χ0v) is 33.5. The first kappa shape index (κ1) is 36.1. The summed E-state index contributed by atoms with van der Waals surface area (Å²) in [5.41, 5.74) is 10.2. The van der Waals surface area contributed by atoms with Crippen molar-refractivity contribution in [3.8, 4) is 28.3 Å². The van der Waals surface area contributed by atoms with Gasteiger partial charge in [-0.05, 0) is 46.0 Å². The largest absolute Gasteiger partial charge is 0.501 e. The van der Waals surface area contributed by atoms with Gasteiger partial charge in [0.2, 0.25) is 0 Å². The van der Waals surface area contributed by atoms with Crippen molar-refractivity contribution in [1.82, 2.24) is 19.5 Å². The molecule has 8 aromatic rings. The molecule has 0 amide bonds. The Balaban J connectivity index is 0.000000222. The SMILES string of the molecule is CC(C)c1cccc(C(C)C)c1-n1c(-c2[c-]ccc3c2oc2ccccc23)nc2ccncc21.C[Si](C)(C)c1ccc(-c2[c-]cccc2)nc1.[Ir]. The number of benzene rings is 4. The summed E-state index contributed by atoms with van der Waals surface area (Å²) >= 11 is 0. The quantitative estimate of drug-likeness (QED) is 0.123. The maximum absolute atomic E-state index is 6.38. The second-order valence-corrected chi connectivity index (χ2v) is 19.5. The molecule has 0 bridgehead atoms. The van der Waals surface area contributed by atoms with Crippen LogP contribution >= 0.6 is 0 Å². The number of pyridine rings is 2. The van der Waals surface area contributed by atoms with Gasteiger partial charge in [0, 0.05) is 43.6 Å². The fourth-order valence-electron chi connectivity index (χ4n) is 6.49. The molecule has 0 N–H and O–H groups in total. The number of furan rings is 1. The van der Waals surface area contributed by atoms with Crippen LogP contribution in [0, 0.1) is 12.1 Å². The molecule has 0 fully saturated rings. The second-order valence-electron chi connectivity index (χ2n) is 14.4. The number of aromatic nitrogens is 4. The van der Waals surface area contributed by atoms with Gasteiger partial charge in [-0.15, -0.1) is 54.1 Å². The third kappa shape index (κ3) is 7.12. The normalized spacial score (nSPS) is 11.6. The average Bonchev–Trinajstić information content (AvgIpc) is 3.70. The van der Waals surface area contributed by atoms with Crippen molar-refractivity contribution in [1.29, 1.82) is 0 Å². The van der Waals surface area contributed by atoms with Crippen LogP contribution in [0.4, 0.5) is 0 Å². The topological polar surface area (TPSA) is 56.7 Å². The molecule has 0 saturated carbocycles. The van der Waals surface area contributed by atoms with E-state index in [2.05, 4.69) is 116 Å². The van der Waals surface area contributed by atoms with Crippen LogP contribution in [-0.2, 0) is 20.1 Å². The minimum Gasteiger partial charge on any atom is -0.501 e. The van der Waals surface area contributed by atoms with E-state index in [4.69, 9.17) is 9.40 Å². The summed E-state index contributed by atoms with van der Waals surface area (Å²) in [7, 11) is -1.23. The third-order valence-electron chi connectivity index (χ3n) is 9.20. The van der Waals surface area contributed by atoms with Gasteiger partial charge in [0.05, 0.1) is 36.7 Å². The van der Waals surface area contributed by atoms with Gasteiger partial charge in [-0.2, -0.15) is 0 Å². The van der Waals surface area contributed by atoms with Gasteiger partial charge < -0.3 is 14.0 Å². The Labute approximate surface area is 315 Å². The van der Waals surface area contributed by atoms with Crippen LogP contribution in [0.15, 0.2) is 120 Å². The number of imidazole rings is 1. The molecule has 51 heavy (non-hydrogen) atoms. The van der Waals surface area contributed by atoms with E-state index in [-0.39, 0.29) is 20.1 Å². The Bertz CT molecular complexity index is 2400. The van der Waals surface area contributed by atoms with E-state index in [9.17, 15) is 0 Å². The van der Waals surface area contributed by atoms with Crippen LogP contribution in [0.1, 0.15) is 50.7 Å². The van der Waals surface area contributed by atoms with Gasteiger partial charge in [0.1, 0.15) is 5.58 Å². The first-order chi connectivity index (χ1) is 24.1. The van der Waals surface area contributed by atoms with Crippen molar-refractivity contribution < 1.29 is 24.5 Å². The standard InChI is InChI=1S/C30H26N3O.C14H16NSi.Ir/c1-18(2)20-10-7-11-21(19(3)4)28(20)33-26-17-31-16-15-25(26)32-30(33)24-13-8-12-23-22-9-5-6-14-27(22)34-29(23)24;1-16(2,3)13-9-10-14(15-11-13)12-7-5-4-6-8-12;/h5-12,14-19H,1-4H3;4-7,9-11H,1-3H3;/q2*-1;. The van der Waals surface area contributed by atoms with E-state index in [1.54, 1.807) is 6.20 Å². The molecule has 0 spiro atoms. The molecule has 1 radical (unpaired) electrons. The fraction of sp³-hybridized carbons (Fsp3) is 0.205. The van der Waals surface area contributed by atoms with Crippen LogP contribution < -0.4 is 5.19 Å². The van der Waals surface area contributed by atoms with Crippen molar-refractivity contribution in [3.05, 3.63) is 139 Å². The molecular formula is C44H42IrN4OSi-2. The summed E-state index contributed by atoms with van der Waals surface area (Å²) in [4.78, 5) is 14.1. The molecule has 8 rings (SSSR count). The molecule has 5 nitrogen and oxygen atoms in total. The zero-order chi connectivity index (χ0) is 35.0. The first-order valence-corrected chi connectivity index (χ1v) is 20.8.